The molecule has 0 saturated carbocycles. The molecule has 0 saturated heterocycles. The molecule has 4 heteroatoms. The second-order valence-corrected chi connectivity index (χ2v) is 4.86. The Bertz CT molecular complexity index is 645. The molecule has 0 radical (unpaired) electrons. The standard InChI is InChI=1S/C16H17NO3/c1-3-13-14(16(18)19-4-2)20-15(17-13)12-9-10-7-5-6-8-11(10)12/h5-8,12H,3-4,9H2,1-2H3. The van der Waals surface area contributed by atoms with Crippen LogP contribution in [0.1, 0.15) is 53.0 Å². The smallest absolute Gasteiger partial charge is 0.376 e. The number of carbonyl (C=O) groups excluding carboxylic acids is 1. The summed E-state index contributed by atoms with van der Waals surface area (Å²) in [5.41, 5.74) is 3.25. The highest BCUT2D eigenvalue weighted by Gasteiger charge is 2.33. The van der Waals surface area contributed by atoms with Gasteiger partial charge in [0.25, 0.3) is 0 Å². The van der Waals surface area contributed by atoms with E-state index in [9.17, 15) is 4.79 Å². The molecule has 0 aliphatic heterocycles. The van der Waals surface area contributed by atoms with Crippen LogP contribution < -0.4 is 0 Å². The van der Waals surface area contributed by atoms with Gasteiger partial charge in [-0.1, -0.05) is 31.2 Å². The zero-order valence-corrected chi connectivity index (χ0v) is 11.7. The first-order valence-electron chi connectivity index (χ1n) is 6.99. The van der Waals surface area contributed by atoms with E-state index in [-0.39, 0.29) is 11.7 Å². The number of rotatable bonds is 4. The lowest BCUT2D eigenvalue weighted by atomic mass is 9.77. The number of carbonyl (C=O) groups is 1. The quantitative estimate of drug-likeness (QED) is 0.802. The Labute approximate surface area is 117 Å². The molecule has 1 atom stereocenters. The molecule has 1 heterocycles. The first-order valence-corrected chi connectivity index (χ1v) is 6.99. The van der Waals surface area contributed by atoms with E-state index >= 15 is 0 Å². The number of aryl methyl sites for hydroxylation is 1. The maximum Gasteiger partial charge on any atom is 0.376 e. The van der Waals surface area contributed by atoms with Crippen LogP contribution in [0.25, 0.3) is 0 Å². The molecule has 4 nitrogen and oxygen atoms in total. The number of oxazole rings is 1. The first-order chi connectivity index (χ1) is 9.74. The van der Waals surface area contributed by atoms with Crippen molar-refractivity contribution in [1.82, 2.24) is 4.98 Å². The predicted molar refractivity (Wildman–Crippen MR) is 73.8 cm³/mol. The Kier molecular flexibility index (Phi) is 3.30. The Balaban J connectivity index is 1.91. The highest BCUT2D eigenvalue weighted by atomic mass is 16.5. The van der Waals surface area contributed by atoms with E-state index in [1.165, 1.54) is 11.1 Å². The Morgan fingerprint density at radius 1 is 1.40 bits per heavy atom. The van der Waals surface area contributed by atoms with Crippen LogP contribution in [-0.4, -0.2) is 17.6 Å². The minimum atomic E-state index is -0.421. The van der Waals surface area contributed by atoms with Gasteiger partial charge in [0.2, 0.25) is 11.7 Å². The summed E-state index contributed by atoms with van der Waals surface area (Å²) in [7, 11) is 0. The average molecular weight is 271 g/mol. The molecule has 0 amide bonds. The number of nitrogens with zero attached hydrogens (tertiary/aromatic N) is 1. The summed E-state index contributed by atoms with van der Waals surface area (Å²) in [5, 5.41) is 0. The van der Waals surface area contributed by atoms with Crippen LogP contribution in [0.3, 0.4) is 0 Å². The third-order valence-corrected chi connectivity index (χ3v) is 3.66. The molecule has 0 spiro atoms. The normalized spacial score (nSPS) is 16.4. The van der Waals surface area contributed by atoms with Crippen molar-refractivity contribution >= 4 is 5.97 Å². The van der Waals surface area contributed by atoms with Crippen LogP contribution in [0.15, 0.2) is 28.7 Å². The van der Waals surface area contributed by atoms with Crippen molar-refractivity contribution in [1.29, 1.82) is 0 Å². The number of aromatic nitrogens is 1. The minimum absolute atomic E-state index is 0.166. The van der Waals surface area contributed by atoms with Crippen molar-refractivity contribution in [3.8, 4) is 0 Å². The summed E-state index contributed by atoms with van der Waals surface area (Å²) in [4.78, 5) is 16.3. The van der Waals surface area contributed by atoms with Crippen molar-refractivity contribution in [2.45, 2.75) is 32.6 Å². The number of hydrogen-bond donors (Lipinski definition) is 0. The summed E-state index contributed by atoms with van der Waals surface area (Å²) in [6.45, 7) is 4.08. The van der Waals surface area contributed by atoms with Gasteiger partial charge in [-0.05, 0) is 30.9 Å². The van der Waals surface area contributed by atoms with Gasteiger partial charge in [-0.15, -0.1) is 0 Å². The SMILES string of the molecule is CCOC(=O)c1oc(C2Cc3ccccc32)nc1CC. The van der Waals surface area contributed by atoms with Crippen molar-refractivity contribution in [2.24, 2.45) is 0 Å². The fraction of sp³-hybridized carbons (Fsp3) is 0.375. The van der Waals surface area contributed by atoms with Crippen LogP contribution in [0.2, 0.25) is 0 Å². The van der Waals surface area contributed by atoms with Crippen LogP contribution in [0.4, 0.5) is 0 Å². The third-order valence-electron chi connectivity index (χ3n) is 3.66. The van der Waals surface area contributed by atoms with Crippen LogP contribution >= 0.6 is 0 Å². The molecular formula is C16H17NO3. The van der Waals surface area contributed by atoms with E-state index in [2.05, 4.69) is 17.1 Å². The summed E-state index contributed by atoms with van der Waals surface area (Å²) in [5.74, 6) is 0.632. The molecule has 1 aromatic heterocycles. The fourth-order valence-corrected chi connectivity index (χ4v) is 2.59. The van der Waals surface area contributed by atoms with E-state index in [0.29, 0.717) is 24.6 Å². The summed E-state index contributed by atoms with van der Waals surface area (Å²) in [6, 6.07) is 8.25. The zero-order valence-electron chi connectivity index (χ0n) is 11.7. The topological polar surface area (TPSA) is 52.3 Å². The van der Waals surface area contributed by atoms with Gasteiger partial charge in [0.05, 0.1) is 18.2 Å². The second kappa shape index (κ2) is 5.12. The van der Waals surface area contributed by atoms with E-state index in [4.69, 9.17) is 9.15 Å². The predicted octanol–water partition coefficient (Wildman–Crippen LogP) is 3.10. The molecule has 0 fully saturated rings. The molecule has 104 valence electrons. The van der Waals surface area contributed by atoms with Gasteiger partial charge in [0, 0.05) is 0 Å². The number of ether oxygens (including phenoxy) is 1. The molecule has 0 N–H and O–H groups in total. The van der Waals surface area contributed by atoms with Gasteiger partial charge in [0.15, 0.2) is 0 Å². The van der Waals surface area contributed by atoms with E-state index in [0.717, 1.165) is 6.42 Å². The molecule has 1 aromatic carbocycles. The number of hydrogen-bond acceptors (Lipinski definition) is 4. The lowest BCUT2D eigenvalue weighted by Crippen LogP contribution is -2.18. The Morgan fingerprint density at radius 3 is 2.90 bits per heavy atom. The highest BCUT2D eigenvalue weighted by molar-refractivity contribution is 5.87. The fourth-order valence-electron chi connectivity index (χ4n) is 2.59. The molecule has 1 aliphatic rings. The van der Waals surface area contributed by atoms with Gasteiger partial charge in [0.1, 0.15) is 0 Å². The van der Waals surface area contributed by atoms with Gasteiger partial charge in [-0.3, -0.25) is 0 Å². The molecule has 20 heavy (non-hydrogen) atoms. The Hall–Kier alpha value is -2.10. The van der Waals surface area contributed by atoms with Crippen LogP contribution in [0, 0.1) is 0 Å². The van der Waals surface area contributed by atoms with Gasteiger partial charge >= 0.3 is 5.97 Å². The van der Waals surface area contributed by atoms with E-state index < -0.39 is 5.97 Å². The largest absolute Gasteiger partial charge is 0.460 e. The van der Waals surface area contributed by atoms with Crippen molar-refractivity contribution in [3.05, 3.63) is 52.7 Å². The maximum absolute atomic E-state index is 11.9. The zero-order chi connectivity index (χ0) is 14.1. The molecule has 1 aliphatic carbocycles. The third kappa shape index (κ3) is 2.01. The number of fused-ring (bicyclic) bond motifs is 1. The van der Waals surface area contributed by atoms with E-state index in [1.807, 2.05) is 19.1 Å². The molecule has 1 unspecified atom stereocenters. The number of esters is 1. The molecule has 2 aromatic rings. The van der Waals surface area contributed by atoms with Gasteiger partial charge in [-0.2, -0.15) is 0 Å². The van der Waals surface area contributed by atoms with Crippen molar-refractivity contribution < 1.29 is 13.9 Å². The minimum Gasteiger partial charge on any atom is -0.460 e. The lowest BCUT2D eigenvalue weighted by Gasteiger charge is -2.27. The average Bonchev–Trinajstić information content (AvgIpc) is 2.84. The van der Waals surface area contributed by atoms with Crippen molar-refractivity contribution in [2.75, 3.05) is 6.61 Å². The molecule has 0 bridgehead atoms. The number of benzene rings is 1. The van der Waals surface area contributed by atoms with Gasteiger partial charge < -0.3 is 9.15 Å². The summed E-state index contributed by atoms with van der Waals surface area (Å²) in [6.07, 6.45) is 1.58. The monoisotopic (exact) mass is 271 g/mol. The van der Waals surface area contributed by atoms with Crippen molar-refractivity contribution in [3.63, 3.8) is 0 Å². The molecule has 3 rings (SSSR count). The summed E-state index contributed by atoms with van der Waals surface area (Å²) >= 11 is 0. The summed E-state index contributed by atoms with van der Waals surface area (Å²) < 4.78 is 10.7. The van der Waals surface area contributed by atoms with Crippen LogP contribution in [0.5, 0.6) is 0 Å². The van der Waals surface area contributed by atoms with Crippen LogP contribution in [-0.2, 0) is 17.6 Å². The highest BCUT2D eigenvalue weighted by Crippen LogP contribution is 2.40. The first kappa shape index (κ1) is 12.9. The lowest BCUT2D eigenvalue weighted by molar-refractivity contribution is 0.0486. The Morgan fingerprint density at radius 2 is 2.20 bits per heavy atom. The second-order valence-electron chi connectivity index (χ2n) is 4.86. The maximum atomic E-state index is 11.9. The van der Waals surface area contributed by atoms with Gasteiger partial charge in [-0.25, -0.2) is 9.78 Å². The van der Waals surface area contributed by atoms with E-state index in [1.54, 1.807) is 6.92 Å². The molecular weight excluding hydrogens is 254 g/mol.